The molecule has 1 N–H and O–H groups in total. The average molecular weight is 380 g/mol. The van der Waals surface area contributed by atoms with Crippen molar-refractivity contribution >= 4 is 17.5 Å². The van der Waals surface area contributed by atoms with Crippen molar-refractivity contribution in [3.05, 3.63) is 42.0 Å². The molecule has 0 unspecified atom stereocenters. The Balaban J connectivity index is 1.44. The predicted molar refractivity (Wildman–Crippen MR) is 109 cm³/mol. The van der Waals surface area contributed by atoms with Gasteiger partial charge in [0.1, 0.15) is 0 Å². The third kappa shape index (κ3) is 4.66. The number of amides is 1. The van der Waals surface area contributed by atoms with Gasteiger partial charge in [-0.25, -0.2) is 9.97 Å². The van der Waals surface area contributed by atoms with E-state index in [0.29, 0.717) is 23.7 Å². The van der Waals surface area contributed by atoms with Gasteiger partial charge in [0.15, 0.2) is 0 Å². The largest absolute Gasteiger partial charge is 0.342 e. The number of piperidine rings is 1. The lowest BCUT2D eigenvalue weighted by Gasteiger charge is -2.33. The highest BCUT2D eigenvalue weighted by atomic mass is 16.2. The predicted octanol–water partition coefficient (Wildman–Crippen LogP) is 4.21. The summed E-state index contributed by atoms with van der Waals surface area (Å²) in [4.78, 5) is 28.1. The number of carbonyl (C=O) groups excluding carboxylic acids is 1. The highest BCUT2D eigenvalue weighted by Gasteiger charge is 2.28. The van der Waals surface area contributed by atoms with Crippen molar-refractivity contribution < 1.29 is 4.79 Å². The third-order valence-corrected chi connectivity index (χ3v) is 5.93. The number of carbonyl (C=O) groups is 1. The first-order valence-corrected chi connectivity index (χ1v) is 10.5. The molecular formula is C22H29N5O. The normalized spacial score (nSPS) is 20.3. The van der Waals surface area contributed by atoms with Crippen LogP contribution in [0.3, 0.4) is 0 Å². The Kier molecular flexibility index (Phi) is 5.84. The number of likely N-dealkylation sites (tertiary alicyclic amines) is 1. The Labute approximate surface area is 166 Å². The van der Waals surface area contributed by atoms with Crippen molar-refractivity contribution in [3.8, 4) is 0 Å². The number of rotatable bonds is 5. The lowest BCUT2D eigenvalue weighted by atomic mass is 9.93. The maximum absolute atomic E-state index is 12.8. The molecule has 3 heterocycles. The molecule has 2 fully saturated rings. The van der Waals surface area contributed by atoms with E-state index in [9.17, 15) is 4.79 Å². The van der Waals surface area contributed by atoms with Crippen LogP contribution in [0.15, 0.2) is 30.6 Å². The van der Waals surface area contributed by atoms with Crippen LogP contribution in [0.5, 0.6) is 0 Å². The van der Waals surface area contributed by atoms with Gasteiger partial charge in [-0.05, 0) is 56.7 Å². The number of nitrogens with one attached hydrogen (secondary N) is 1. The van der Waals surface area contributed by atoms with E-state index in [4.69, 9.17) is 4.98 Å². The molecule has 2 aliphatic rings. The van der Waals surface area contributed by atoms with E-state index in [2.05, 4.69) is 26.3 Å². The zero-order valence-electron chi connectivity index (χ0n) is 16.6. The first kappa shape index (κ1) is 18.8. The van der Waals surface area contributed by atoms with Crippen LogP contribution in [-0.4, -0.2) is 38.8 Å². The van der Waals surface area contributed by atoms with Crippen LogP contribution in [0.4, 0.5) is 11.6 Å². The third-order valence-electron chi connectivity index (χ3n) is 5.93. The molecule has 4 rings (SSSR count). The van der Waals surface area contributed by atoms with E-state index < -0.39 is 0 Å². The highest BCUT2D eigenvalue weighted by molar-refractivity contribution is 5.76. The van der Waals surface area contributed by atoms with Gasteiger partial charge in [0, 0.05) is 54.9 Å². The monoisotopic (exact) mass is 379 g/mol. The van der Waals surface area contributed by atoms with Crippen molar-refractivity contribution in [1.29, 1.82) is 0 Å². The number of anilines is 2. The van der Waals surface area contributed by atoms with Gasteiger partial charge in [-0.2, -0.15) is 0 Å². The van der Waals surface area contributed by atoms with Gasteiger partial charge in [-0.15, -0.1) is 0 Å². The second-order valence-corrected chi connectivity index (χ2v) is 8.15. The number of pyridine rings is 1. The van der Waals surface area contributed by atoms with Crippen molar-refractivity contribution in [1.82, 2.24) is 19.9 Å². The van der Waals surface area contributed by atoms with Crippen LogP contribution in [0.25, 0.3) is 0 Å². The fourth-order valence-electron chi connectivity index (χ4n) is 4.50. The Morgan fingerprint density at radius 1 is 1.14 bits per heavy atom. The first-order valence-electron chi connectivity index (χ1n) is 10.5. The van der Waals surface area contributed by atoms with Gasteiger partial charge in [0.05, 0.1) is 0 Å². The summed E-state index contributed by atoms with van der Waals surface area (Å²) >= 11 is 0. The number of hydrogen-bond donors (Lipinski definition) is 1. The summed E-state index contributed by atoms with van der Waals surface area (Å²) in [7, 11) is 0. The van der Waals surface area contributed by atoms with Crippen molar-refractivity contribution in [2.45, 2.75) is 57.8 Å². The fraction of sp³-hybridized carbons (Fsp3) is 0.545. The second-order valence-electron chi connectivity index (χ2n) is 8.15. The molecule has 0 spiro atoms. The van der Waals surface area contributed by atoms with Crippen LogP contribution in [-0.2, 0) is 4.79 Å². The molecule has 0 aromatic carbocycles. The molecule has 2 aromatic heterocycles. The van der Waals surface area contributed by atoms with E-state index in [0.717, 1.165) is 49.4 Å². The number of nitrogens with zero attached hydrogens (tertiary/aromatic N) is 4. The van der Waals surface area contributed by atoms with Crippen LogP contribution in [0.2, 0.25) is 0 Å². The number of hydrogen-bond acceptors (Lipinski definition) is 5. The molecule has 0 radical (unpaired) electrons. The summed E-state index contributed by atoms with van der Waals surface area (Å²) in [5, 5.41) is 3.26. The summed E-state index contributed by atoms with van der Waals surface area (Å²) in [5.74, 6) is 1.81. The first-order chi connectivity index (χ1) is 13.7. The lowest BCUT2D eigenvalue weighted by molar-refractivity contribution is -0.133. The zero-order chi connectivity index (χ0) is 19.3. The van der Waals surface area contributed by atoms with Crippen molar-refractivity contribution in [2.75, 3.05) is 18.4 Å². The number of aryl methyl sites for hydroxylation is 1. The van der Waals surface area contributed by atoms with E-state index in [1.54, 1.807) is 18.5 Å². The molecule has 1 aliphatic heterocycles. The molecule has 28 heavy (non-hydrogen) atoms. The van der Waals surface area contributed by atoms with Crippen LogP contribution < -0.4 is 5.32 Å². The van der Waals surface area contributed by atoms with Gasteiger partial charge < -0.3 is 10.2 Å². The minimum absolute atomic E-state index is 0.290. The van der Waals surface area contributed by atoms with Gasteiger partial charge in [-0.1, -0.05) is 12.8 Å². The van der Waals surface area contributed by atoms with Gasteiger partial charge in [-0.3, -0.25) is 9.78 Å². The van der Waals surface area contributed by atoms with E-state index in [-0.39, 0.29) is 0 Å². The standard InChI is InChI=1S/C22H29N5O/c1-16-12-19(26-22-23-9-5-10-24-22)14-20(25-16)18-8-4-11-27(15-18)21(28)13-17-6-2-3-7-17/h5,9-10,12,14,17-18H,2-4,6-8,11,13,15H2,1H3,(H,23,24,25,26)/t18-/m0/s1. The smallest absolute Gasteiger partial charge is 0.227 e. The molecule has 2 aromatic rings. The molecular weight excluding hydrogens is 350 g/mol. The molecule has 1 aliphatic carbocycles. The lowest BCUT2D eigenvalue weighted by Crippen LogP contribution is -2.39. The Bertz CT molecular complexity index is 804. The quantitative estimate of drug-likeness (QED) is 0.843. The average Bonchev–Trinajstić information content (AvgIpc) is 3.21. The summed E-state index contributed by atoms with van der Waals surface area (Å²) in [5.41, 5.74) is 2.96. The molecule has 1 saturated heterocycles. The Morgan fingerprint density at radius 3 is 2.71 bits per heavy atom. The SMILES string of the molecule is Cc1cc(Nc2ncccn2)cc([C@H]2CCCN(C(=O)CC3CCCC3)C2)n1. The fourth-order valence-corrected chi connectivity index (χ4v) is 4.50. The van der Waals surface area contributed by atoms with Crippen molar-refractivity contribution in [3.63, 3.8) is 0 Å². The summed E-state index contributed by atoms with van der Waals surface area (Å²) < 4.78 is 0. The van der Waals surface area contributed by atoms with E-state index in [1.807, 2.05) is 13.0 Å². The van der Waals surface area contributed by atoms with Gasteiger partial charge >= 0.3 is 0 Å². The van der Waals surface area contributed by atoms with Crippen molar-refractivity contribution in [2.24, 2.45) is 5.92 Å². The molecule has 0 bridgehead atoms. The summed E-state index contributed by atoms with van der Waals surface area (Å²) in [6.45, 7) is 3.67. The molecule has 6 nitrogen and oxygen atoms in total. The Hall–Kier alpha value is -2.50. The van der Waals surface area contributed by atoms with E-state index >= 15 is 0 Å². The topological polar surface area (TPSA) is 71.0 Å². The molecule has 1 atom stereocenters. The number of aromatic nitrogens is 3. The summed E-state index contributed by atoms with van der Waals surface area (Å²) in [6, 6.07) is 5.89. The molecule has 148 valence electrons. The van der Waals surface area contributed by atoms with Gasteiger partial charge in [0.2, 0.25) is 11.9 Å². The zero-order valence-corrected chi connectivity index (χ0v) is 16.6. The summed E-state index contributed by atoms with van der Waals surface area (Å²) in [6.07, 6.45) is 11.3. The molecule has 6 heteroatoms. The van der Waals surface area contributed by atoms with E-state index in [1.165, 1.54) is 25.7 Å². The van der Waals surface area contributed by atoms with Gasteiger partial charge in [0.25, 0.3) is 0 Å². The Morgan fingerprint density at radius 2 is 1.93 bits per heavy atom. The van der Waals surface area contributed by atoms with Crippen LogP contribution >= 0.6 is 0 Å². The van der Waals surface area contributed by atoms with Crippen LogP contribution in [0.1, 0.15) is 62.3 Å². The minimum Gasteiger partial charge on any atom is -0.342 e. The minimum atomic E-state index is 0.290. The maximum Gasteiger partial charge on any atom is 0.227 e. The molecule has 1 saturated carbocycles. The molecule has 1 amide bonds. The maximum atomic E-state index is 12.8. The second kappa shape index (κ2) is 8.67. The highest BCUT2D eigenvalue weighted by Crippen LogP contribution is 2.31. The van der Waals surface area contributed by atoms with Crippen LogP contribution in [0, 0.1) is 12.8 Å².